The van der Waals surface area contributed by atoms with E-state index >= 15 is 0 Å². The van der Waals surface area contributed by atoms with Gasteiger partial charge in [0.1, 0.15) is 18.1 Å². The van der Waals surface area contributed by atoms with E-state index in [-0.39, 0.29) is 36.7 Å². The smallest absolute Gasteiger partial charge is 0.326 e. The Bertz CT molecular complexity index is 740. The fourth-order valence-corrected chi connectivity index (χ4v) is 3.27. The van der Waals surface area contributed by atoms with Gasteiger partial charge in [-0.15, -0.1) is 0 Å². The number of nitrogens with two attached hydrogens (primary N) is 3. The van der Waals surface area contributed by atoms with Gasteiger partial charge in [0.05, 0.1) is 6.04 Å². The van der Waals surface area contributed by atoms with E-state index in [1.54, 1.807) is 13.8 Å². The molecule has 0 aliphatic heterocycles. The highest BCUT2D eigenvalue weighted by molar-refractivity contribution is 5.94. The van der Waals surface area contributed by atoms with Gasteiger partial charge in [-0.1, -0.05) is 54.4 Å². The van der Waals surface area contributed by atoms with Gasteiger partial charge in [0.15, 0.2) is 5.96 Å². The summed E-state index contributed by atoms with van der Waals surface area (Å²) in [6, 6.07) is -3.88. The molecule has 0 fully saturated rings. The lowest BCUT2D eigenvalue weighted by atomic mass is 9.95. The lowest BCUT2D eigenvalue weighted by Gasteiger charge is -2.29. The molecule has 0 radical (unpaired) electrons. The summed E-state index contributed by atoms with van der Waals surface area (Å²) < 4.78 is 0. The van der Waals surface area contributed by atoms with Crippen LogP contribution in [0.15, 0.2) is 4.99 Å². The average molecular weight is 500 g/mol. The normalized spacial score (nSPS) is 16.2. The summed E-state index contributed by atoms with van der Waals surface area (Å²) in [6.07, 6.45) is 1.81. The minimum Gasteiger partial charge on any atom is -0.480 e. The van der Waals surface area contributed by atoms with Gasteiger partial charge in [-0.25, -0.2) is 4.79 Å². The third kappa shape index (κ3) is 11.4. The van der Waals surface area contributed by atoms with Gasteiger partial charge in [0, 0.05) is 6.54 Å². The molecule has 35 heavy (non-hydrogen) atoms. The number of carbonyl (C=O) groups is 4. The lowest BCUT2D eigenvalue weighted by molar-refractivity contribution is -0.143. The second-order valence-corrected chi connectivity index (χ2v) is 9.36. The van der Waals surface area contributed by atoms with E-state index in [0.29, 0.717) is 19.3 Å². The fourth-order valence-electron chi connectivity index (χ4n) is 3.27. The SMILES string of the molecule is CCC(C)C(N)C(=O)NC(C(=O)NC(CCCN=C(N)N)C(=O)NC(C(=O)O)C(C)C)C(C)CC. The van der Waals surface area contributed by atoms with Crippen LogP contribution in [0.3, 0.4) is 0 Å². The Labute approximate surface area is 208 Å². The van der Waals surface area contributed by atoms with Gasteiger partial charge in [-0.3, -0.25) is 19.4 Å². The van der Waals surface area contributed by atoms with Crippen LogP contribution in [0.2, 0.25) is 0 Å². The summed E-state index contributed by atoms with van der Waals surface area (Å²) in [5.74, 6) is -3.61. The molecule has 202 valence electrons. The van der Waals surface area contributed by atoms with Gasteiger partial charge in [-0.05, 0) is 30.6 Å². The van der Waals surface area contributed by atoms with Crippen molar-refractivity contribution in [1.82, 2.24) is 16.0 Å². The van der Waals surface area contributed by atoms with Crippen LogP contribution in [0.4, 0.5) is 0 Å². The number of hydrogen-bond acceptors (Lipinski definition) is 6. The van der Waals surface area contributed by atoms with Gasteiger partial charge in [-0.2, -0.15) is 0 Å². The molecular formula is C23H45N7O5. The second kappa shape index (κ2) is 15.9. The molecule has 3 amide bonds. The minimum absolute atomic E-state index is 0.0753. The van der Waals surface area contributed by atoms with Gasteiger partial charge in [0.25, 0.3) is 0 Å². The second-order valence-electron chi connectivity index (χ2n) is 9.36. The maximum Gasteiger partial charge on any atom is 0.326 e. The Kier molecular flexibility index (Phi) is 14.6. The molecule has 6 unspecified atom stereocenters. The molecule has 0 rings (SSSR count). The Balaban J connectivity index is 5.70. The molecule has 12 heteroatoms. The predicted octanol–water partition coefficient (Wildman–Crippen LogP) is -0.345. The van der Waals surface area contributed by atoms with Gasteiger partial charge < -0.3 is 38.3 Å². The summed E-state index contributed by atoms with van der Waals surface area (Å²) in [4.78, 5) is 54.3. The van der Waals surface area contributed by atoms with Gasteiger partial charge in [0.2, 0.25) is 17.7 Å². The largest absolute Gasteiger partial charge is 0.480 e. The molecule has 0 bridgehead atoms. The lowest BCUT2D eigenvalue weighted by Crippen LogP contribution is -2.59. The summed E-state index contributed by atoms with van der Waals surface area (Å²) in [5.41, 5.74) is 16.7. The van der Waals surface area contributed by atoms with Crippen LogP contribution in [0, 0.1) is 17.8 Å². The first-order valence-corrected chi connectivity index (χ1v) is 12.2. The van der Waals surface area contributed by atoms with Crippen molar-refractivity contribution >= 4 is 29.7 Å². The van der Waals surface area contributed by atoms with Crippen LogP contribution in [0.5, 0.6) is 0 Å². The van der Waals surface area contributed by atoms with Crippen LogP contribution in [0.25, 0.3) is 0 Å². The van der Waals surface area contributed by atoms with Crippen molar-refractivity contribution in [3.63, 3.8) is 0 Å². The molecule has 0 heterocycles. The average Bonchev–Trinajstić information content (AvgIpc) is 2.79. The zero-order valence-electron chi connectivity index (χ0n) is 21.8. The Hall–Kier alpha value is -2.89. The molecule has 0 aliphatic rings. The van der Waals surface area contributed by atoms with Crippen molar-refractivity contribution in [2.24, 2.45) is 39.9 Å². The third-order valence-corrected chi connectivity index (χ3v) is 6.16. The molecule has 12 nitrogen and oxygen atoms in total. The van der Waals surface area contributed by atoms with Crippen molar-refractivity contribution in [3.05, 3.63) is 0 Å². The van der Waals surface area contributed by atoms with Crippen molar-refractivity contribution in [3.8, 4) is 0 Å². The van der Waals surface area contributed by atoms with E-state index in [2.05, 4.69) is 20.9 Å². The van der Waals surface area contributed by atoms with E-state index in [1.807, 2.05) is 27.7 Å². The van der Waals surface area contributed by atoms with Crippen molar-refractivity contribution in [1.29, 1.82) is 0 Å². The number of hydrogen-bond donors (Lipinski definition) is 7. The first-order valence-electron chi connectivity index (χ1n) is 12.2. The molecule has 0 aromatic rings. The zero-order chi connectivity index (χ0) is 27.3. The number of amides is 3. The molecule has 0 aromatic heterocycles. The highest BCUT2D eigenvalue weighted by Gasteiger charge is 2.33. The number of carbonyl (C=O) groups excluding carboxylic acids is 3. The number of carboxylic acid groups (broad SMARTS) is 1. The molecule has 0 aliphatic carbocycles. The quantitative estimate of drug-likeness (QED) is 0.0844. The van der Waals surface area contributed by atoms with Crippen LogP contribution in [-0.2, 0) is 19.2 Å². The number of aliphatic carboxylic acids is 1. The van der Waals surface area contributed by atoms with E-state index < -0.39 is 47.9 Å². The molecule has 6 atom stereocenters. The molecule has 0 saturated carbocycles. The number of carboxylic acids is 1. The first-order chi connectivity index (χ1) is 16.3. The third-order valence-electron chi connectivity index (χ3n) is 6.16. The van der Waals surface area contributed by atoms with E-state index in [1.165, 1.54) is 0 Å². The van der Waals surface area contributed by atoms with E-state index in [4.69, 9.17) is 17.2 Å². The zero-order valence-corrected chi connectivity index (χ0v) is 21.8. The Morgan fingerprint density at radius 2 is 1.37 bits per heavy atom. The van der Waals surface area contributed by atoms with Crippen molar-refractivity contribution in [2.75, 3.05) is 6.54 Å². The van der Waals surface area contributed by atoms with Crippen molar-refractivity contribution < 1.29 is 24.3 Å². The Morgan fingerprint density at radius 1 is 0.829 bits per heavy atom. The molecule has 0 spiro atoms. The predicted molar refractivity (Wildman–Crippen MR) is 135 cm³/mol. The Morgan fingerprint density at radius 3 is 1.83 bits per heavy atom. The van der Waals surface area contributed by atoms with Crippen LogP contribution < -0.4 is 33.2 Å². The van der Waals surface area contributed by atoms with Crippen molar-refractivity contribution in [2.45, 2.75) is 91.4 Å². The number of guanidine groups is 1. The maximum atomic E-state index is 13.2. The molecular weight excluding hydrogens is 454 g/mol. The number of nitrogens with one attached hydrogen (secondary N) is 3. The van der Waals surface area contributed by atoms with Crippen LogP contribution in [0.1, 0.15) is 67.2 Å². The van der Waals surface area contributed by atoms with Crippen LogP contribution in [-0.4, -0.2) is 65.5 Å². The molecule has 10 N–H and O–H groups in total. The first kappa shape index (κ1) is 32.1. The highest BCUT2D eigenvalue weighted by Crippen LogP contribution is 2.12. The van der Waals surface area contributed by atoms with Gasteiger partial charge >= 0.3 is 5.97 Å². The fraction of sp³-hybridized carbons (Fsp3) is 0.783. The summed E-state index contributed by atoms with van der Waals surface area (Å²) in [7, 11) is 0. The highest BCUT2D eigenvalue weighted by atomic mass is 16.4. The summed E-state index contributed by atoms with van der Waals surface area (Å²) in [6.45, 7) is 11.0. The van der Waals surface area contributed by atoms with E-state index in [9.17, 15) is 24.3 Å². The summed E-state index contributed by atoms with van der Waals surface area (Å²) in [5, 5.41) is 17.3. The number of aliphatic imine (C=N–C) groups is 1. The summed E-state index contributed by atoms with van der Waals surface area (Å²) >= 11 is 0. The number of nitrogens with zero attached hydrogens (tertiary/aromatic N) is 1. The standard InChI is InChI=1S/C23H45N7O5/c1-7-13(5)16(24)20(32)30-18(14(6)8-2)21(33)28-15(10-9-11-27-23(25)26)19(31)29-17(12(3)4)22(34)35/h12-18H,7-11,24H2,1-6H3,(H,28,33)(H,29,31)(H,30,32)(H,34,35)(H4,25,26,27). The maximum absolute atomic E-state index is 13.2. The monoisotopic (exact) mass is 499 g/mol. The van der Waals surface area contributed by atoms with Crippen LogP contribution >= 0.6 is 0 Å². The topological polar surface area (TPSA) is 215 Å². The minimum atomic E-state index is -1.18. The van der Waals surface area contributed by atoms with E-state index in [0.717, 1.165) is 0 Å². The molecule has 0 aromatic carbocycles. The molecule has 0 saturated heterocycles. The number of rotatable bonds is 16.